The Morgan fingerprint density at radius 1 is 1.89 bits per heavy atom. The van der Waals surface area contributed by atoms with Crippen molar-refractivity contribution in [2.75, 3.05) is 13.2 Å². The smallest absolute Gasteiger partial charge is 0.259 e. The summed E-state index contributed by atoms with van der Waals surface area (Å²) in [5.74, 6) is 4.41. The van der Waals surface area contributed by atoms with Crippen LogP contribution < -0.4 is 11.3 Å². The Balaban J connectivity index is 3.06. The highest BCUT2D eigenvalue weighted by Gasteiger charge is 1.93. The summed E-state index contributed by atoms with van der Waals surface area (Å²) < 4.78 is 4.73. The maximum absolute atomic E-state index is 10.3. The minimum absolute atomic E-state index is 0.0114. The van der Waals surface area contributed by atoms with Gasteiger partial charge in [-0.2, -0.15) is 0 Å². The number of hydrogen-bond acceptors (Lipinski definition) is 3. The molecule has 0 saturated heterocycles. The standard InChI is InChI=1S/C5H10N2O2/c1-2-3-9-4-5(8)7-6/h2H,1,3-4,6H2,(H,7,8). The third-order valence-corrected chi connectivity index (χ3v) is 0.630. The van der Waals surface area contributed by atoms with Gasteiger partial charge in [-0.25, -0.2) is 5.84 Å². The second-order valence-corrected chi connectivity index (χ2v) is 1.37. The molecule has 9 heavy (non-hydrogen) atoms. The van der Waals surface area contributed by atoms with E-state index in [1.165, 1.54) is 0 Å². The quantitative estimate of drug-likeness (QED) is 0.172. The van der Waals surface area contributed by atoms with E-state index >= 15 is 0 Å². The number of rotatable bonds is 4. The average molecular weight is 130 g/mol. The van der Waals surface area contributed by atoms with E-state index in [0.29, 0.717) is 6.61 Å². The number of carbonyl (C=O) groups excluding carboxylic acids is 1. The SMILES string of the molecule is C=CCOCC(=O)NN. The molecule has 0 aliphatic carbocycles. The molecule has 0 spiro atoms. The molecule has 0 heterocycles. The fourth-order valence-corrected chi connectivity index (χ4v) is 0.277. The summed E-state index contributed by atoms with van der Waals surface area (Å²) in [5, 5.41) is 0. The van der Waals surface area contributed by atoms with E-state index in [-0.39, 0.29) is 12.5 Å². The van der Waals surface area contributed by atoms with E-state index < -0.39 is 0 Å². The third kappa shape index (κ3) is 4.99. The van der Waals surface area contributed by atoms with Gasteiger partial charge in [-0.3, -0.25) is 10.2 Å². The minimum Gasteiger partial charge on any atom is -0.368 e. The van der Waals surface area contributed by atoms with Gasteiger partial charge in [-0.1, -0.05) is 6.08 Å². The van der Waals surface area contributed by atoms with Crippen molar-refractivity contribution in [2.24, 2.45) is 5.84 Å². The summed E-state index contributed by atoms with van der Waals surface area (Å²) in [6, 6.07) is 0. The summed E-state index contributed by atoms with van der Waals surface area (Å²) in [7, 11) is 0. The van der Waals surface area contributed by atoms with Crippen molar-refractivity contribution in [3.63, 3.8) is 0 Å². The van der Waals surface area contributed by atoms with Crippen LogP contribution >= 0.6 is 0 Å². The molecule has 4 heteroatoms. The van der Waals surface area contributed by atoms with Gasteiger partial charge >= 0.3 is 0 Å². The molecule has 3 N–H and O–H groups in total. The second kappa shape index (κ2) is 5.27. The molecule has 0 atom stereocenters. The molecule has 0 radical (unpaired) electrons. The monoisotopic (exact) mass is 130 g/mol. The Labute approximate surface area is 53.6 Å². The van der Waals surface area contributed by atoms with Crippen molar-refractivity contribution in [1.82, 2.24) is 5.43 Å². The first-order valence-electron chi connectivity index (χ1n) is 2.49. The van der Waals surface area contributed by atoms with Crippen LogP contribution in [0.1, 0.15) is 0 Å². The van der Waals surface area contributed by atoms with Gasteiger partial charge in [-0.15, -0.1) is 6.58 Å². The lowest BCUT2D eigenvalue weighted by atomic mass is 10.6. The van der Waals surface area contributed by atoms with Crippen LogP contribution in [0.4, 0.5) is 0 Å². The van der Waals surface area contributed by atoms with Crippen molar-refractivity contribution in [2.45, 2.75) is 0 Å². The van der Waals surface area contributed by atoms with Crippen LogP contribution in [0.5, 0.6) is 0 Å². The van der Waals surface area contributed by atoms with Crippen LogP contribution in [-0.2, 0) is 9.53 Å². The van der Waals surface area contributed by atoms with Gasteiger partial charge in [0, 0.05) is 0 Å². The molecule has 4 nitrogen and oxygen atoms in total. The Bertz CT molecular complexity index is 103. The predicted molar refractivity (Wildman–Crippen MR) is 33.3 cm³/mol. The van der Waals surface area contributed by atoms with Gasteiger partial charge < -0.3 is 4.74 Å². The Kier molecular flexibility index (Phi) is 4.76. The molecular weight excluding hydrogens is 120 g/mol. The number of hydrazine groups is 1. The van der Waals surface area contributed by atoms with Gasteiger partial charge in [0.2, 0.25) is 0 Å². The second-order valence-electron chi connectivity index (χ2n) is 1.37. The van der Waals surface area contributed by atoms with Crippen molar-refractivity contribution in [3.8, 4) is 0 Å². The number of amides is 1. The summed E-state index contributed by atoms with van der Waals surface area (Å²) in [5.41, 5.74) is 1.93. The molecule has 0 bridgehead atoms. The molecule has 52 valence electrons. The maximum atomic E-state index is 10.3. The van der Waals surface area contributed by atoms with Crippen molar-refractivity contribution in [1.29, 1.82) is 0 Å². The lowest BCUT2D eigenvalue weighted by Crippen LogP contribution is -2.33. The number of ether oxygens (including phenoxy) is 1. The third-order valence-electron chi connectivity index (χ3n) is 0.630. The highest BCUT2D eigenvalue weighted by molar-refractivity contribution is 5.76. The fourth-order valence-electron chi connectivity index (χ4n) is 0.277. The summed E-state index contributed by atoms with van der Waals surface area (Å²) in [6.45, 7) is 3.75. The van der Waals surface area contributed by atoms with E-state index in [9.17, 15) is 4.79 Å². The zero-order valence-corrected chi connectivity index (χ0v) is 5.09. The van der Waals surface area contributed by atoms with Gasteiger partial charge in [0.15, 0.2) is 0 Å². The minimum atomic E-state index is -0.336. The van der Waals surface area contributed by atoms with Crippen LogP contribution in [0.25, 0.3) is 0 Å². The van der Waals surface area contributed by atoms with Crippen molar-refractivity contribution >= 4 is 5.91 Å². The molecule has 0 aromatic rings. The molecule has 0 saturated carbocycles. The van der Waals surface area contributed by atoms with Crippen LogP contribution in [0.2, 0.25) is 0 Å². The lowest BCUT2D eigenvalue weighted by molar-refractivity contribution is -0.125. The van der Waals surface area contributed by atoms with Gasteiger partial charge in [0.25, 0.3) is 5.91 Å². The van der Waals surface area contributed by atoms with E-state index in [2.05, 4.69) is 6.58 Å². The maximum Gasteiger partial charge on any atom is 0.259 e. The Hall–Kier alpha value is -0.870. The summed E-state index contributed by atoms with van der Waals surface area (Å²) in [4.78, 5) is 10.3. The van der Waals surface area contributed by atoms with Gasteiger partial charge in [-0.05, 0) is 0 Å². The molecule has 0 rings (SSSR count). The molecule has 0 unspecified atom stereocenters. The molecule has 0 aliphatic heterocycles. The average Bonchev–Trinajstić information content (AvgIpc) is 1.89. The number of hydrogen-bond donors (Lipinski definition) is 2. The molecule has 0 aromatic heterocycles. The van der Waals surface area contributed by atoms with Gasteiger partial charge in [0.1, 0.15) is 6.61 Å². The fraction of sp³-hybridized carbons (Fsp3) is 0.400. The zero-order chi connectivity index (χ0) is 7.11. The zero-order valence-electron chi connectivity index (χ0n) is 5.09. The highest BCUT2D eigenvalue weighted by atomic mass is 16.5. The molecule has 0 aliphatic rings. The van der Waals surface area contributed by atoms with Crippen molar-refractivity contribution in [3.05, 3.63) is 12.7 Å². The van der Waals surface area contributed by atoms with E-state index in [4.69, 9.17) is 10.6 Å². The normalized spacial score (nSPS) is 8.56. The first kappa shape index (κ1) is 8.13. The number of carbonyl (C=O) groups is 1. The molecule has 0 aromatic carbocycles. The van der Waals surface area contributed by atoms with Crippen molar-refractivity contribution < 1.29 is 9.53 Å². The van der Waals surface area contributed by atoms with Crippen LogP contribution in [0.3, 0.4) is 0 Å². The first-order chi connectivity index (χ1) is 4.31. The van der Waals surface area contributed by atoms with Crippen LogP contribution in [0, 0.1) is 0 Å². The Morgan fingerprint density at radius 3 is 3.00 bits per heavy atom. The van der Waals surface area contributed by atoms with E-state index in [1.807, 2.05) is 5.43 Å². The molecule has 0 fully saturated rings. The number of nitrogens with two attached hydrogens (primary N) is 1. The molecular formula is C5H10N2O2. The topological polar surface area (TPSA) is 64.3 Å². The Morgan fingerprint density at radius 2 is 2.56 bits per heavy atom. The first-order valence-corrected chi connectivity index (χ1v) is 2.49. The summed E-state index contributed by atoms with van der Waals surface area (Å²) in [6.07, 6.45) is 1.56. The van der Waals surface area contributed by atoms with Crippen LogP contribution in [-0.4, -0.2) is 19.1 Å². The molecule has 1 amide bonds. The lowest BCUT2D eigenvalue weighted by Gasteiger charge is -1.97. The van der Waals surface area contributed by atoms with Crippen LogP contribution in [0.15, 0.2) is 12.7 Å². The van der Waals surface area contributed by atoms with E-state index in [0.717, 1.165) is 0 Å². The van der Waals surface area contributed by atoms with E-state index in [1.54, 1.807) is 6.08 Å². The largest absolute Gasteiger partial charge is 0.368 e. The predicted octanol–water partition coefficient (Wildman–Crippen LogP) is -0.821. The summed E-state index contributed by atoms with van der Waals surface area (Å²) >= 11 is 0. The number of nitrogens with one attached hydrogen (secondary N) is 1. The van der Waals surface area contributed by atoms with Gasteiger partial charge in [0.05, 0.1) is 6.61 Å². The highest BCUT2D eigenvalue weighted by Crippen LogP contribution is 1.72.